The van der Waals surface area contributed by atoms with E-state index in [0.717, 1.165) is 0 Å². The van der Waals surface area contributed by atoms with Crippen LogP contribution < -0.4 is 0 Å². The fraction of sp³-hybridized carbons (Fsp3) is 0.200. The molecule has 0 spiro atoms. The van der Waals surface area contributed by atoms with E-state index in [0.29, 0.717) is 11.1 Å². The third kappa shape index (κ3) is 2.75. The number of rotatable bonds is 4. The second-order valence-corrected chi connectivity index (χ2v) is 4.16. The van der Waals surface area contributed by atoms with Crippen molar-refractivity contribution < 1.29 is 14.6 Å². The van der Waals surface area contributed by atoms with Gasteiger partial charge in [0.05, 0.1) is 0 Å². The molecule has 0 saturated heterocycles. The summed E-state index contributed by atoms with van der Waals surface area (Å²) in [4.78, 5) is 0. The molecule has 0 radical (unpaired) electrons. The van der Waals surface area contributed by atoms with Crippen molar-refractivity contribution in [3.8, 4) is 0 Å². The van der Waals surface area contributed by atoms with Crippen LogP contribution in [-0.2, 0) is 0 Å². The van der Waals surface area contributed by atoms with E-state index < -0.39 is 18.4 Å². The highest BCUT2D eigenvalue weighted by molar-refractivity contribution is 5.22. The van der Waals surface area contributed by atoms with Gasteiger partial charge in [0.25, 0.3) is 0 Å². The number of benzene rings is 2. The molecule has 0 fully saturated rings. The number of alkyl halides is 1. The molecule has 18 heavy (non-hydrogen) atoms. The predicted octanol–water partition coefficient (Wildman–Crippen LogP) is 2.79. The lowest BCUT2D eigenvalue weighted by molar-refractivity contribution is -0.0314. The third-order valence-electron chi connectivity index (χ3n) is 2.88. The summed E-state index contributed by atoms with van der Waals surface area (Å²) >= 11 is 0. The average molecular weight is 246 g/mol. The second kappa shape index (κ2) is 5.76. The molecule has 2 aromatic rings. The molecule has 3 heteroatoms. The number of aliphatic hydroxyl groups is 2. The van der Waals surface area contributed by atoms with Crippen LogP contribution in [0.15, 0.2) is 60.7 Å². The summed E-state index contributed by atoms with van der Waals surface area (Å²) in [5.74, 6) is 0. The Hall–Kier alpha value is -1.71. The Morgan fingerprint density at radius 2 is 1.17 bits per heavy atom. The fourth-order valence-electron chi connectivity index (χ4n) is 1.84. The Balaban J connectivity index is 2.14. The molecule has 0 aliphatic heterocycles. The van der Waals surface area contributed by atoms with E-state index in [-0.39, 0.29) is 0 Å². The lowest BCUT2D eigenvalue weighted by Crippen LogP contribution is -2.23. The van der Waals surface area contributed by atoms with Gasteiger partial charge in [0.2, 0.25) is 0 Å². The standard InChI is InChI=1S/C15H15FO2/c16-13(11-7-3-1-4-8-11)15(18)14(17)12-9-5-2-6-10-12/h1-10,13-15,17-18H/t13-,14-,15+/m0/s1. The van der Waals surface area contributed by atoms with Crippen molar-refractivity contribution in [2.45, 2.75) is 18.4 Å². The van der Waals surface area contributed by atoms with Crippen molar-refractivity contribution >= 4 is 0 Å². The Bertz CT molecular complexity index is 427. The highest BCUT2D eigenvalue weighted by Crippen LogP contribution is 2.29. The predicted molar refractivity (Wildman–Crippen MR) is 67.7 cm³/mol. The zero-order valence-electron chi connectivity index (χ0n) is 9.78. The lowest BCUT2D eigenvalue weighted by atomic mass is 9.97. The first kappa shape index (κ1) is 12.7. The minimum absolute atomic E-state index is 0.361. The van der Waals surface area contributed by atoms with Crippen molar-refractivity contribution in [3.05, 3.63) is 71.8 Å². The fourth-order valence-corrected chi connectivity index (χ4v) is 1.84. The first-order valence-corrected chi connectivity index (χ1v) is 5.80. The SMILES string of the molecule is O[C@@H]([C@@H](O)c1ccccc1)[C@@H](F)c1ccccc1. The number of hydrogen-bond acceptors (Lipinski definition) is 2. The Morgan fingerprint density at radius 3 is 1.67 bits per heavy atom. The molecule has 2 N–H and O–H groups in total. The summed E-state index contributed by atoms with van der Waals surface area (Å²) in [6.07, 6.45) is -4.32. The van der Waals surface area contributed by atoms with Crippen molar-refractivity contribution in [1.29, 1.82) is 0 Å². The summed E-state index contributed by atoms with van der Waals surface area (Å²) in [7, 11) is 0. The zero-order chi connectivity index (χ0) is 13.0. The third-order valence-corrected chi connectivity index (χ3v) is 2.88. The molecule has 3 atom stereocenters. The molecule has 0 bridgehead atoms. The summed E-state index contributed by atoms with van der Waals surface area (Å²) in [6.45, 7) is 0. The summed E-state index contributed by atoms with van der Waals surface area (Å²) in [5.41, 5.74) is 0.864. The minimum atomic E-state index is -1.61. The van der Waals surface area contributed by atoms with Crippen molar-refractivity contribution in [2.24, 2.45) is 0 Å². The van der Waals surface area contributed by atoms with Crippen LogP contribution in [0.25, 0.3) is 0 Å². The first-order chi connectivity index (χ1) is 8.70. The van der Waals surface area contributed by atoms with Gasteiger partial charge in [-0.3, -0.25) is 0 Å². The molecule has 2 rings (SSSR count). The molecule has 2 nitrogen and oxygen atoms in total. The normalized spacial score (nSPS) is 15.9. The van der Waals surface area contributed by atoms with Crippen LogP contribution >= 0.6 is 0 Å². The van der Waals surface area contributed by atoms with Crippen LogP contribution in [-0.4, -0.2) is 16.3 Å². The van der Waals surface area contributed by atoms with Gasteiger partial charge in [-0.15, -0.1) is 0 Å². The summed E-state index contributed by atoms with van der Waals surface area (Å²) < 4.78 is 14.1. The second-order valence-electron chi connectivity index (χ2n) is 4.16. The van der Waals surface area contributed by atoms with E-state index in [9.17, 15) is 14.6 Å². The van der Waals surface area contributed by atoms with Gasteiger partial charge in [0.1, 0.15) is 12.2 Å². The maximum atomic E-state index is 14.1. The molecule has 0 amide bonds. The molecule has 0 heterocycles. The summed E-state index contributed by atoms with van der Waals surface area (Å²) in [6, 6.07) is 16.9. The highest BCUT2D eigenvalue weighted by Gasteiger charge is 2.28. The Labute approximate surface area is 105 Å². The van der Waals surface area contributed by atoms with Crippen molar-refractivity contribution in [2.75, 3.05) is 0 Å². The van der Waals surface area contributed by atoms with Crippen LogP contribution in [0.4, 0.5) is 4.39 Å². The van der Waals surface area contributed by atoms with Gasteiger partial charge in [-0.05, 0) is 11.1 Å². The van der Waals surface area contributed by atoms with Gasteiger partial charge in [0.15, 0.2) is 6.17 Å². The monoisotopic (exact) mass is 246 g/mol. The Morgan fingerprint density at radius 1 is 0.722 bits per heavy atom. The molecule has 94 valence electrons. The molecule has 0 aromatic heterocycles. The average Bonchev–Trinajstić information content (AvgIpc) is 2.47. The van der Waals surface area contributed by atoms with Gasteiger partial charge in [-0.1, -0.05) is 60.7 Å². The molecule has 0 unspecified atom stereocenters. The van der Waals surface area contributed by atoms with Gasteiger partial charge in [0, 0.05) is 0 Å². The maximum absolute atomic E-state index is 14.1. The van der Waals surface area contributed by atoms with E-state index in [1.807, 2.05) is 0 Å². The van der Waals surface area contributed by atoms with Crippen molar-refractivity contribution in [1.82, 2.24) is 0 Å². The van der Waals surface area contributed by atoms with Crippen LogP contribution in [0.5, 0.6) is 0 Å². The molecule has 2 aromatic carbocycles. The van der Waals surface area contributed by atoms with Gasteiger partial charge in [-0.2, -0.15) is 0 Å². The molecular formula is C15H15FO2. The van der Waals surface area contributed by atoms with E-state index in [1.165, 1.54) is 0 Å². The number of hydrogen-bond donors (Lipinski definition) is 2. The molecular weight excluding hydrogens is 231 g/mol. The summed E-state index contributed by atoms with van der Waals surface area (Å²) in [5, 5.41) is 19.8. The van der Waals surface area contributed by atoms with Crippen LogP contribution in [0.1, 0.15) is 23.4 Å². The lowest BCUT2D eigenvalue weighted by Gasteiger charge is -2.21. The van der Waals surface area contributed by atoms with E-state index >= 15 is 0 Å². The molecule has 0 saturated carbocycles. The smallest absolute Gasteiger partial charge is 0.154 e. The number of halogens is 1. The largest absolute Gasteiger partial charge is 0.387 e. The van der Waals surface area contributed by atoms with Gasteiger partial charge < -0.3 is 10.2 Å². The maximum Gasteiger partial charge on any atom is 0.154 e. The van der Waals surface area contributed by atoms with E-state index in [2.05, 4.69) is 0 Å². The van der Waals surface area contributed by atoms with Crippen LogP contribution in [0.2, 0.25) is 0 Å². The highest BCUT2D eigenvalue weighted by atomic mass is 19.1. The topological polar surface area (TPSA) is 40.5 Å². The Kier molecular flexibility index (Phi) is 4.07. The first-order valence-electron chi connectivity index (χ1n) is 5.80. The zero-order valence-corrected chi connectivity index (χ0v) is 9.78. The van der Waals surface area contributed by atoms with Gasteiger partial charge >= 0.3 is 0 Å². The minimum Gasteiger partial charge on any atom is -0.387 e. The van der Waals surface area contributed by atoms with E-state index in [1.54, 1.807) is 60.7 Å². The van der Waals surface area contributed by atoms with Crippen molar-refractivity contribution in [3.63, 3.8) is 0 Å². The molecule has 0 aliphatic carbocycles. The van der Waals surface area contributed by atoms with E-state index in [4.69, 9.17) is 0 Å². The number of aliphatic hydroxyl groups excluding tert-OH is 2. The molecule has 0 aliphatic rings. The quantitative estimate of drug-likeness (QED) is 0.870. The van der Waals surface area contributed by atoms with Crippen LogP contribution in [0, 0.1) is 0 Å². The van der Waals surface area contributed by atoms with Gasteiger partial charge in [-0.25, -0.2) is 4.39 Å². The van der Waals surface area contributed by atoms with Crippen LogP contribution in [0.3, 0.4) is 0 Å².